The number of aryl methyl sites for hydroxylation is 1. The van der Waals surface area contributed by atoms with Gasteiger partial charge in [-0.25, -0.2) is 9.97 Å². The Morgan fingerprint density at radius 1 is 1.04 bits per heavy atom. The van der Waals surface area contributed by atoms with E-state index in [0.29, 0.717) is 0 Å². The molecule has 0 N–H and O–H groups in total. The van der Waals surface area contributed by atoms with Crippen LogP contribution in [0, 0.1) is 6.92 Å². The lowest BCUT2D eigenvalue weighted by Gasteiger charge is -2.34. The van der Waals surface area contributed by atoms with E-state index in [1.54, 1.807) is 11.3 Å². The van der Waals surface area contributed by atoms with Gasteiger partial charge in [0.25, 0.3) is 0 Å². The van der Waals surface area contributed by atoms with Gasteiger partial charge in [-0.15, -0.1) is 0 Å². The third-order valence-corrected chi connectivity index (χ3v) is 5.49. The summed E-state index contributed by atoms with van der Waals surface area (Å²) in [5.74, 6) is 0. The van der Waals surface area contributed by atoms with Gasteiger partial charge < -0.3 is 4.90 Å². The van der Waals surface area contributed by atoms with Gasteiger partial charge in [0, 0.05) is 38.9 Å². The summed E-state index contributed by atoms with van der Waals surface area (Å²) in [6, 6.07) is 12.7. The molecule has 0 amide bonds. The van der Waals surface area contributed by atoms with Crippen molar-refractivity contribution in [2.45, 2.75) is 13.5 Å². The third-order valence-electron chi connectivity index (χ3n) is 4.45. The average Bonchev–Trinajstić information content (AvgIpc) is 3.02. The highest BCUT2D eigenvalue weighted by Gasteiger charge is 2.20. The number of rotatable bonds is 3. The molecule has 5 heteroatoms. The zero-order valence-electron chi connectivity index (χ0n) is 13.3. The molecule has 4 rings (SSSR count). The lowest BCUT2D eigenvalue weighted by atomic mass is 10.1. The van der Waals surface area contributed by atoms with Crippen molar-refractivity contribution in [2.24, 2.45) is 0 Å². The molecule has 0 spiro atoms. The number of anilines is 1. The number of pyridine rings is 1. The fourth-order valence-electron chi connectivity index (χ4n) is 3.02. The van der Waals surface area contributed by atoms with Crippen molar-refractivity contribution in [3.63, 3.8) is 0 Å². The van der Waals surface area contributed by atoms with E-state index in [0.717, 1.165) is 48.2 Å². The molecule has 0 unspecified atom stereocenters. The van der Waals surface area contributed by atoms with Gasteiger partial charge in [-0.1, -0.05) is 35.6 Å². The summed E-state index contributed by atoms with van der Waals surface area (Å²) in [6.45, 7) is 7.47. The van der Waals surface area contributed by atoms with Crippen LogP contribution in [-0.2, 0) is 6.54 Å². The minimum Gasteiger partial charge on any atom is -0.345 e. The summed E-state index contributed by atoms with van der Waals surface area (Å²) in [4.78, 5) is 15.1. The smallest absolute Gasteiger partial charge is 0.188 e. The van der Waals surface area contributed by atoms with Crippen LogP contribution in [0.2, 0.25) is 0 Å². The zero-order valence-corrected chi connectivity index (χ0v) is 14.1. The van der Waals surface area contributed by atoms with Crippen molar-refractivity contribution >= 4 is 26.8 Å². The minimum atomic E-state index is 1.01. The second kappa shape index (κ2) is 6.26. The Balaban J connectivity index is 1.41. The molecule has 118 valence electrons. The van der Waals surface area contributed by atoms with Gasteiger partial charge >= 0.3 is 0 Å². The van der Waals surface area contributed by atoms with Crippen molar-refractivity contribution in [1.29, 1.82) is 0 Å². The fraction of sp³-hybridized carbons (Fsp3) is 0.333. The lowest BCUT2D eigenvalue weighted by Crippen LogP contribution is -2.46. The van der Waals surface area contributed by atoms with Gasteiger partial charge in [0.2, 0.25) is 0 Å². The topological polar surface area (TPSA) is 32.3 Å². The van der Waals surface area contributed by atoms with Gasteiger partial charge in [-0.2, -0.15) is 0 Å². The van der Waals surface area contributed by atoms with E-state index in [2.05, 4.69) is 46.0 Å². The van der Waals surface area contributed by atoms with Crippen LogP contribution >= 0.6 is 11.3 Å². The van der Waals surface area contributed by atoms with Crippen molar-refractivity contribution in [1.82, 2.24) is 14.9 Å². The molecule has 0 bridgehead atoms. The highest BCUT2D eigenvalue weighted by atomic mass is 32.1. The first-order valence-corrected chi connectivity index (χ1v) is 8.84. The second-order valence-electron chi connectivity index (χ2n) is 6.01. The predicted molar refractivity (Wildman–Crippen MR) is 96.1 cm³/mol. The maximum absolute atomic E-state index is 4.72. The average molecular weight is 324 g/mol. The SMILES string of the molecule is Cc1ccccc1CN1CCN(c2nc3cccnc3s2)CC1. The van der Waals surface area contributed by atoms with E-state index in [1.807, 2.05) is 18.3 Å². The second-order valence-corrected chi connectivity index (χ2v) is 6.97. The number of benzene rings is 1. The first kappa shape index (κ1) is 14.6. The van der Waals surface area contributed by atoms with Crippen LogP contribution in [0.4, 0.5) is 5.13 Å². The Morgan fingerprint density at radius 3 is 2.65 bits per heavy atom. The highest BCUT2D eigenvalue weighted by Crippen LogP contribution is 2.27. The monoisotopic (exact) mass is 324 g/mol. The van der Waals surface area contributed by atoms with Crippen molar-refractivity contribution in [2.75, 3.05) is 31.1 Å². The van der Waals surface area contributed by atoms with E-state index >= 15 is 0 Å². The molecule has 0 radical (unpaired) electrons. The summed E-state index contributed by atoms with van der Waals surface area (Å²) < 4.78 is 0. The molecule has 1 fully saturated rings. The number of piperazine rings is 1. The highest BCUT2D eigenvalue weighted by molar-refractivity contribution is 7.21. The van der Waals surface area contributed by atoms with Gasteiger partial charge in [-0.05, 0) is 30.2 Å². The van der Waals surface area contributed by atoms with E-state index in [-0.39, 0.29) is 0 Å². The Morgan fingerprint density at radius 2 is 1.87 bits per heavy atom. The molecule has 3 aromatic rings. The van der Waals surface area contributed by atoms with E-state index < -0.39 is 0 Å². The molecular formula is C18H20N4S. The van der Waals surface area contributed by atoms with Crippen LogP contribution in [0.25, 0.3) is 10.3 Å². The van der Waals surface area contributed by atoms with Crippen molar-refractivity contribution < 1.29 is 0 Å². The first-order chi connectivity index (χ1) is 11.3. The van der Waals surface area contributed by atoms with Crippen LogP contribution in [0.15, 0.2) is 42.6 Å². The van der Waals surface area contributed by atoms with Crippen LogP contribution in [0.1, 0.15) is 11.1 Å². The van der Waals surface area contributed by atoms with Crippen LogP contribution in [-0.4, -0.2) is 41.0 Å². The molecule has 0 aliphatic carbocycles. The first-order valence-electron chi connectivity index (χ1n) is 8.03. The number of aromatic nitrogens is 2. The maximum Gasteiger partial charge on any atom is 0.188 e. The zero-order chi connectivity index (χ0) is 15.6. The van der Waals surface area contributed by atoms with E-state index in [1.165, 1.54) is 11.1 Å². The molecule has 1 aromatic carbocycles. The molecule has 3 heterocycles. The number of fused-ring (bicyclic) bond motifs is 1. The fourth-order valence-corrected chi connectivity index (χ4v) is 3.98. The van der Waals surface area contributed by atoms with Crippen LogP contribution in [0.5, 0.6) is 0 Å². The summed E-state index contributed by atoms with van der Waals surface area (Å²) >= 11 is 1.70. The Bertz CT molecular complexity index is 772. The summed E-state index contributed by atoms with van der Waals surface area (Å²) in [7, 11) is 0. The maximum atomic E-state index is 4.72. The number of hydrogen-bond acceptors (Lipinski definition) is 5. The van der Waals surface area contributed by atoms with Gasteiger partial charge in [-0.3, -0.25) is 4.90 Å². The number of nitrogens with zero attached hydrogens (tertiary/aromatic N) is 4. The summed E-state index contributed by atoms with van der Waals surface area (Å²) in [5.41, 5.74) is 3.83. The third kappa shape index (κ3) is 3.07. The van der Waals surface area contributed by atoms with Gasteiger partial charge in [0.15, 0.2) is 5.13 Å². The Kier molecular flexibility index (Phi) is 3.97. The van der Waals surface area contributed by atoms with Gasteiger partial charge in [0.05, 0.1) is 0 Å². The molecule has 2 aromatic heterocycles. The van der Waals surface area contributed by atoms with E-state index in [4.69, 9.17) is 4.98 Å². The largest absolute Gasteiger partial charge is 0.345 e. The molecule has 1 aliphatic heterocycles. The molecular weight excluding hydrogens is 304 g/mol. The Hall–Kier alpha value is -1.98. The Labute approximate surface area is 140 Å². The number of thiazole rings is 1. The van der Waals surface area contributed by atoms with Crippen LogP contribution < -0.4 is 4.90 Å². The predicted octanol–water partition coefficient (Wildman–Crippen LogP) is 3.32. The molecule has 0 atom stereocenters. The normalized spacial score (nSPS) is 16.1. The van der Waals surface area contributed by atoms with Crippen LogP contribution in [0.3, 0.4) is 0 Å². The molecule has 1 aliphatic rings. The lowest BCUT2D eigenvalue weighted by molar-refractivity contribution is 0.249. The molecule has 1 saturated heterocycles. The van der Waals surface area contributed by atoms with Crippen molar-refractivity contribution in [3.8, 4) is 0 Å². The van der Waals surface area contributed by atoms with Crippen molar-refractivity contribution in [3.05, 3.63) is 53.7 Å². The molecule has 0 saturated carbocycles. The summed E-state index contributed by atoms with van der Waals surface area (Å²) in [5, 5.41) is 1.11. The summed E-state index contributed by atoms with van der Waals surface area (Å²) in [6.07, 6.45) is 1.84. The molecule has 23 heavy (non-hydrogen) atoms. The standard InChI is InChI=1S/C18H20N4S/c1-14-5-2-3-6-15(14)13-21-9-11-22(12-10-21)18-20-16-7-4-8-19-17(16)23-18/h2-8H,9-13H2,1H3. The van der Waals surface area contributed by atoms with E-state index in [9.17, 15) is 0 Å². The van der Waals surface area contributed by atoms with Gasteiger partial charge in [0.1, 0.15) is 10.3 Å². The number of hydrogen-bond donors (Lipinski definition) is 0. The minimum absolute atomic E-state index is 1.01. The molecule has 4 nitrogen and oxygen atoms in total. The quantitative estimate of drug-likeness (QED) is 0.740.